The summed E-state index contributed by atoms with van der Waals surface area (Å²) in [5.74, 6) is 0. The van der Waals surface area contributed by atoms with Gasteiger partial charge in [-0.05, 0) is 98.1 Å². The highest BCUT2D eigenvalue weighted by Gasteiger charge is 2.17. The number of para-hydroxylation sites is 2. The van der Waals surface area contributed by atoms with Gasteiger partial charge in [-0.25, -0.2) is 4.68 Å². The van der Waals surface area contributed by atoms with Gasteiger partial charge >= 0.3 is 0 Å². The SMILES string of the molecule is c1ccc(-c2ccc(-c3cc(-c4ccc(-c5ccccc5)cc4)n(-c4ccc(-c5ccccc5-c5ccccc5-c5ccc(-n6c7ccccc7c7ccccc76)cc5)cc4)n3)cc2)cc1. The van der Waals surface area contributed by atoms with Gasteiger partial charge < -0.3 is 4.57 Å². The summed E-state index contributed by atoms with van der Waals surface area (Å²) in [6, 6.07) is 93.5. The highest BCUT2D eigenvalue weighted by atomic mass is 15.3. The molecule has 0 aliphatic carbocycles. The lowest BCUT2D eigenvalue weighted by molar-refractivity contribution is 0.892. The predicted molar refractivity (Wildman–Crippen MR) is 276 cm³/mol. The van der Waals surface area contributed by atoms with Crippen LogP contribution in [-0.4, -0.2) is 14.3 Å². The number of hydrogen-bond acceptors (Lipinski definition) is 1. The van der Waals surface area contributed by atoms with Crippen LogP contribution in [0.4, 0.5) is 0 Å². The van der Waals surface area contributed by atoms with E-state index in [2.05, 4.69) is 270 Å². The standard InChI is InChI=1S/C63H43N3/c1-3-15-44(16-4-1)46-27-31-50(32-28-46)60-43-63(51-33-29-47(30-34-51)45-17-5-2-6-18-45)66(64-60)53-41-37-49(38-42-53)55-20-8-10-22-57(55)56-21-9-7-19-54(56)48-35-39-52(40-36-48)65-61-25-13-11-23-58(61)59-24-12-14-26-62(59)65/h1-43H. The number of aromatic nitrogens is 3. The third kappa shape index (κ3) is 7.10. The topological polar surface area (TPSA) is 22.8 Å². The van der Waals surface area contributed by atoms with Crippen LogP contribution in [0.1, 0.15) is 0 Å². The molecule has 3 heteroatoms. The summed E-state index contributed by atoms with van der Waals surface area (Å²) in [5.41, 5.74) is 20.5. The van der Waals surface area contributed by atoms with Crippen molar-refractivity contribution in [1.29, 1.82) is 0 Å². The molecule has 0 bridgehead atoms. The van der Waals surface area contributed by atoms with Crippen molar-refractivity contribution in [3.63, 3.8) is 0 Å². The number of rotatable bonds is 9. The van der Waals surface area contributed by atoms with E-state index in [0.717, 1.165) is 39.5 Å². The van der Waals surface area contributed by atoms with Gasteiger partial charge in [0.1, 0.15) is 0 Å². The minimum Gasteiger partial charge on any atom is -0.309 e. The molecule has 0 aliphatic heterocycles. The van der Waals surface area contributed by atoms with E-state index in [1.54, 1.807) is 0 Å². The molecule has 3 nitrogen and oxygen atoms in total. The summed E-state index contributed by atoms with van der Waals surface area (Å²) < 4.78 is 4.46. The zero-order chi connectivity index (χ0) is 43.8. The van der Waals surface area contributed by atoms with E-state index in [0.29, 0.717) is 0 Å². The molecule has 0 N–H and O–H groups in total. The monoisotopic (exact) mass is 841 g/mol. The van der Waals surface area contributed by atoms with Crippen LogP contribution < -0.4 is 0 Å². The Bertz CT molecular complexity index is 3580. The molecule has 310 valence electrons. The zero-order valence-corrected chi connectivity index (χ0v) is 36.2. The molecular formula is C63H43N3. The lowest BCUT2D eigenvalue weighted by atomic mass is 9.89. The molecule has 12 aromatic rings. The van der Waals surface area contributed by atoms with Crippen LogP contribution in [-0.2, 0) is 0 Å². The van der Waals surface area contributed by atoms with Crippen LogP contribution in [0, 0.1) is 0 Å². The normalized spacial score (nSPS) is 11.3. The molecule has 10 aromatic carbocycles. The second kappa shape index (κ2) is 16.7. The molecule has 2 heterocycles. The Balaban J connectivity index is 0.891. The van der Waals surface area contributed by atoms with E-state index in [1.165, 1.54) is 71.9 Å². The van der Waals surface area contributed by atoms with Gasteiger partial charge in [0.2, 0.25) is 0 Å². The van der Waals surface area contributed by atoms with Crippen molar-refractivity contribution in [1.82, 2.24) is 14.3 Å². The van der Waals surface area contributed by atoms with Gasteiger partial charge in [-0.1, -0.05) is 218 Å². The second-order valence-electron chi connectivity index (χ2n) is 16.8. The number of nitrogens with zero attached hydrogens (tertiary/aromatic N) is 3. The average Bonchev–Trinajstić information content (AvgIpc) is 4.00. The zero-order valence-electron chi connectivity index (χ0n) is 36.2. The summed E-state index contributed by atoms with van der Waals surface area (Å²) in [4.78, 5) is 0. The molecule has 2 aromatic heterocycles. The minimum absolute atomic E-state index is 0.922. The molecule has 12 rings (SSSR count). The van der Waals surface area contributed by atoms with Gasteiger partial charge in [-0.2, -0.15) is 5.10 Å². The van der Waals surface area contributed by atoms with Crippen LogP contribution in [0.25, 0.3) is 111 Å². The number of benzene rings is 10. The molecule has 0 radical (unpaired) electrons. The average molecular weight is 842 g/mol. The highest BCUT2D eigenvalue weighted by Crippen LogP contribution is 2.40. The fourth-order valence-electron chi connectivity index (χ4n) is 9.57. The lowest BCUT2D eigenvalue weighted by Gasteiger charge is -2.16. The van der Waals surface area contributed by atoms with E-state index >= 15 is 0 Å². The fraction of sp³-hybridized carbons (Fsp3) is 0. The van der Waals surface area contributed by atoms with Gasteiger partial charge in [0.25, 0.3) is 0 Å². The van der Waals surface area contributed by atoms with E-state index in [-0.39, 0.29) is 0 Å². The van der Waals surface area contributed by atoms with E-state index in [9.17, 15) is 0 Å². The fourth-order valence-corrected chi connectivity index (χ4v) is 9.57. The number of fused-ring (bicyclic) bond motifs is 3. The number of hydrogen-bond donors (Lipinski definition) is 0. The van der Waals surface area contributed by atoms with E-state index in [4.69, 9.17) is 5.10 Å². The van der Waals surface area contributed by atoms with Crippen LogP contribution in [0.15, 0.2) is 261 Å². The van der Waals surface area contributed by atoms with Crippen molar-refractivity contribution in [2.24, 2.45) is 0 Å². The molecular weight excluding hydrogens is 799 g/mol. The van der Waals surface area contributed by atoms with Gasteiger partial charge in [0.15, 0.2) is 0 Å². The molecule has 0 amide bonds. The first-order chi connectivity index (χ1) is 32.7. The van der Waals surface area contributed by atoms with Crippen molar-refractivity contribution >= 4 is 21.8 Å². The maximum atomic E-state index is 5.29. The Kier molecular flexibility index (Phi) is 9.85. The molecule has 0 aliphatic rings. The van der Waals surface area contributed by atoms with Crippen LogP contribution in [0.3, 0.4) is 0 Å². The summed E-state index contributed by atoms with van der Waals surface area (Å²) in [7, 11) is 0. The Morgan fingerprint density at radius 3 is 1.12 bits per heavy atom. The van der Waals surface area contributed by atoms with Crippen molar-refractivity contribution < 1.29 is 0 Å². The quantitative estimate of drug-likeness (QED) is 0.142. The summed E-state index contributed by atoms with van der Waals surface area (Å²) >= 11 is 0. The first-order valence-electron chi connectivity index (χ1n) is 22.5. The molecule has 0 fully saturated rings. The maximum absolute atomic E-state index is 5.29. The molecule has 0 spiro atoms. The van der Waals surface area contributed by atoms with Gasteiger partial charge in [0, 0.05) is 27.6 Å². The van der Waals surface area contributed by atoms with Gasteiger partial charge in [-0.3, -0.25) is 0 Å². The first-order valence-corrected chi connectivity index (χ1v) is 22.5. The van der Waals surface area contributed by atoms with Crippen molar-refractivity contribution in [3.05, 3.63) is 261 Å². The Morgan fingerprint density at radius 2 is 0.621 bits per heavy atom. The first kappa shape index (κ1) is 38.9. The van der Waals surface area contributed by atoms with Crippen LogP contribution in [0.2, 0.25) is 0 Å². The third-order valence-electron chi connectivity index (χ3n) is 12.9. The Hall–Kier alpha value is -8.79. The van der Waals surface area contributed by atoms with Crippen molar-refractivity contribution in [3.8, 4) is 89.5 Å². The summed E-state index contributed by atoms with van der Waals surface area (Å²) in [5, 5.41) is 7.82. The molecule has 66 heavy (non-hydrogen) atoms. The second-order valence-corrected chi connectivity index (χ2v) is 16.8. The maximum Gasteiger partial charge on any atom is 0.0934 e. The molecule has 0 atom stereocenters. The lowest BCUT2D eigenvalue weighted by Crippen LogP contribution is -1.99. The smallest absolute Gasteiger partial charge is 0.0934 e. The summed E-state index contributed by atoms with van der Waals surface area (Å²) in [6.45, 7) is 0. The van der Waals surface area contributed by atoms with Crippen LogP contribution in [0.5, 0.6) is 0 Å². The third-order valence-corrected chi connectivity index (χ3v) is 12.9. The van der Waals surface area contributed by atoms with Gasteiger partial charge in [0.05, 0.1) is 28.1 Å². The Labute approximate surface area is 384 Å². The Morgan fingerprint density at radius 1 is 0.258 bits per heavy atom. The molecule has 0 saturated carbocycles. The summed E-state index contributed by atoms with van der Waals surface area (Å²) in [6.07, 6.45) is 0. The highest BCUT2D eigenvalue weighted by molar-refractivity contribution is 6.09. The van der Waals surface area contributed by atoms with Crippen molar-refractivity contribution in [2.45, 2.75) is 0 Å². The minimum atomic E-state index is 0.922. The van der Waals surface area contributed by atoms with Gasteiger partial charge in [-0.15, -0.1) is 0 Å². The largest absolute Gasteiger partial charge is 0.309 e. The molecule has 0 saturated heterocycles. The van der Waals surface area contributed by atoms with E-state index in [1.807, 2.05) is 0 Å². The van der Waals surface area contributed by atoms with Crippen molar-refractivity contribution in [2.75, 3.05) is 0 Å². The predicted octanol–water partition coefficient (Wildman–Crippen LogP) is 16.6. The van der Waals surface area contributed by atoms with E-state index < -0.39 is 0 Å². The molecule has 0 unspecified atom stereocenters. The van der Waals surface area contributed by atoms with Crippen LogP contribution >= 0.6 is 0 Å².